The number of nitrogens with zero attached hydrogens (tertiary/aromatic N) is 1. The minimum Gasteiger partial charge on any atom is -0.379 e. The average Bonchev–Trinajstić information content (AvgIpc) is 2.75. The van der Waals surface area contributed by atoms with Crippen LogP contribution >= 0.6 is 0 Å². The molecule has 1 heterocycles. The van der Waals surface area contributed by atoms with Gasteiger partial charge in [-0.2, -0.15) is 0 Å². The summed E-state index contributed by atoms with van der Waals surface area (Å²) in [5, 5.41) is 0. The first-order chi connectivity index (χ1) is 8.03. The molecule has 0 aromatic rings. The first kappa shape index (κ1) is 12.8. The van der Waals surface area contributed by atoms with Gasteiger partial charge in [0.25, 0.3) is 0 Å². The molecule has 3 atom stereocenters. The van der Waals surface area contributed by atoms with Crippen LogP contribution in [0.15, 0.2) is 0 Å². The van der Waals surface area contributed by atoms with Gasteiger partial charge < -0.3 is 15.4 Å². The van der Waals surface area contributed by atoms with E-state index in [9.17, 15) is 4.79 Å². The second-order valence-electron chi connectivity index (χ2n) is 5.80. The first-order valence-corrected chi connectivity index (χ1v) is 6.67. The van der Waals surface area contributed by atoms with Gasteiger partial charge >= 0.3 is 0 Å². The summed E-state index contributed by atoms with van der Waals surface area (Å²) in [4.78, 5) is 14.3. The van der Waals surface area contributed by atoms with Gasteiger partial charge in [0, 0.05) is 19.7 Å². The van der Waals surface area contributed by atoms with Crippen molar-refractivity contribution in [2.24, 2.45) is 11.7 Å². The molecule has 2 aliphatic rings. The lowest BCUT2D eigenvalue weighted by Crippen LogP contribution is -2.57. The van der Waals surface area contributed by atoms with Crippen LogP contribution in [0.3, 0.4) is 0 Å². The molecule has 0 radical (unpaired) electrons. The van der Waals surface area contributed by atoms with Crippen molar-refractivity contribution < 1.29 is 9.53 Å². The average molecular weight is 240 g/mol. The highest BCUT2D eigenvalue weighted by Crippen LogP contribution is 2.28. The molecule has 2 fully saturated rings. The van der Waals surface area contributed by atoms with Crippen LogP contribution in [0.1, 0.15) is 39.0 Å². The van der Waals surface area contributed by atoms with E-state index in [4.69, 9.17) is 10.5 Å². The fourth-order valence-corrected chi connectivity index (χ4v) is 3.02. The van der Waals surface area contributed by atoms with Gasteiger partial charge in [0.05, 0.1) is 6.61 Å². The summed E-state index contributed by atoms with van der Waals surface area (Å²) in [5.41, 5.74) is 5.36. The maximum Gasteiger partial charge on any atom is 0.245 e. The number of rotatable bonds is 2. The van der Waals surface area contributed by atoms with Gasteiger partial charge in [-0.15, -0.1) is 0 Å². The Balaban J connectivity index is 1.98. The van der Waals surface area contributed by atoms with E-state index in [1.807, 2.05) is 11.9 Å². The molecule has 1 amide bonds. The van der Waals surface area contributed by atoms with Gasteiger partial charge in [-0.1, -0.05) is 19.8 Å². The molecule has 1 aliphatic heterocycles. The Hall–Kier alpha value is -0.610. The molecule has 98 valence electrons. The van der Waals surface area contributed by atoms with Crippen molar-refractivity contribution in [3.05, 3.63) is 0 Å². The zero-order valence-electron chi connectivity index (χ0n) is 10.9. The number of hydrogen-bond acceptors (Lipinski definition) is 3. The number of carbonyl (C=O) groups excluding carboxylic acids is 1. The maximum absolute atomic E-state index is 12.4. The lowest BCUT2D eigenvalue weighted by Gasteiger charge is -2.37. The molecular formula is C13H24N2O2. The normalized spacial score (nSPS) is 38.1. The number of carbonyl (C=O) groups is 1. The van der Waals surface area contributed by atoms with Gasteiger partial charge in [0.2, 0.25) is 5.91 Å². The molecule has 0 aromatic heterocycles. The standard InChI is InChI=1S/C13H24N2O2/c1-10-4-3-5-11(8-10)15(2)12(16)13(14)6-7-17-9-13/h10-11H,3-9,14H2,1-2H3. The van der Waals surface area contributed by atoms with Gasteiger partial charge in [-0.25, -0.2) is 0 Å². The van der Waals surface area contributed by atoms with E-state index >= 15 is 0 Å². The highest BCUT2D eigenvalue weighted by Gasteiger charge is 2.42. The molecule has 0 spiro atoms. The topological polar surface area (TPSA) is 55.6 Å². The van der Waals surface area contributed by atoms with Crippen LogP contribution in [-0.4, -0.2) is 42.6 Å². The fourth-order valence-electron chi connectivity index (χ4n) is 3.02. The number of likely N-dealkylation sites (N-methyl/N-ethyl adjacent to an activating group) is 1. The number of ether oxygens (including phenoxy) is 1. The highest BCUT2D eigenvalue weighted by molar-refractivity contribution is 5.86. The molecule has 1 saturated heterocycles. The molecule has 1 saturated carbocycles. The van der Waals surface area contributed by atoms with Crippen LogP contribution < -0.4 is 5.73 Å². The van der Waals surface area contributed by atoms with Crippen molar-refractivity contribution in [3.63, 3.8) is 0 Å². The molecule has 2 N–H and O–H groups in total. The third-order valence-electron chi connectivity index (χ3n) is 4.25. The quantitative estimate of drug-likeness (QED) is 0.787. The van der Waals surface area contributed by atoms with Gasteiger partial charge in [0.1, 0.15) is 5.54 Å². The van der Waals surface area contributed by atoms with E-state index in [0.717, 1.165) is 18.8 Å². The van der Waals surface area contributed by atoms with Crippen molar-refractivity contribution in [3.8, 4) is 0 Å². The summed E-state index contributed by atoms with van der Waals surface area (Å²) >= 11 is 0. The van der Waals surface area contributed by atoms with Crippen LogP contribution in [0.5, 0.6) is 0 Å². The van der Waals surface area contributed by atoms with Crippen molar-refractivity contribution in [2.45, 2.75) is 50.6 Å². The molecule has 4 heteroatoms. The van der Waals surface area contributed by atoms with E-state index < -0.39 is 5.54 Å². The summed E-state index contributed by atoms with van der Waals surface area (Å²) in [6.07, 6.45) is 5.38. The van der Waals surface area contributed by atoms with Crippen LogP contribution in [0.4, 0.5) is 0 Å². The molecule has 0 bridgehead atoms. The summed E-state index contributed by atoms with van der Waals surface area (Å²) in [6.45, 7) is 3.25. The second-order valence-corrected chi connectivity index (χ2v) is 5.80. The molecular weight excluding hydrogens is 216 g/mol. The smallest absolute Gasteiger partial charge is 0.245 e. The van der Waals surface area contributed by atoms with E-state index in [0.29, 0.717) is 25.7 Å². The Kier molecular flexibility index (Phi) is 3.73. The lowest BCUT2D eigenvalue weighted by molar-refractivity contribution is -0.138. The summed E-state index contributed by atoms with van der Waals surface area (Å²) in [5.74, 6) is 0.784. The van der Waals surface area contributed by atoms with Crippen LogP contribution in [-0.2, 0) is 9.53 Å². The number of amides is 1. The summed E-state index contributed by atoms with van der Waals surface area (Å²) in [6, 6.07) is 0.368. The van der Waals surface area contributed by atoms with E-state index in [2.05, 4.69) is 6.92 Å². The molecule has 1 aliphatic carbocycles. The SMILES string of the molecule is CC1CCCC(N(C)C(=O)C2(N)CCOC2)C1. The zero-order chi connectivity index (χ0) is 12.5. The summed E-state index contributed by atoms with van der Waals surface area (Å²) in [7, 11) is 1.90. The highest BCUT2D eigenvalue weighted by atomic mass is 16.5. The van der Waals surface area contributed by atoms with Gasteiger partial charge in [-0.05, 0) is 25.2 Å². The Labute approximate surface area is 103 Å². The molecule has 4 nitrogen and oxygen atoms in total. The molecule has 17 heavy (non-hydrogen) atoms. The van der Waals surface area contributed by atoms with Gasteiger partial charge in [0.15, 0.2) is 0 Å². The predicted octanol–water partition coefficient (Wildman–Crippen LogP) is 1.14. The van der Waals surface area contributed by atoms with Crippen LogP contribution in [0.2, 0.25) is 0 Å². The van der Waals surface area contributed by atoms with E-state index in [-0.39, 0.29) is 5.91 Å². The van der Waals surface area contributed by atoms with Crippen molar-refractivity contribution in [1.29, 1.82) is 0 Å². The lowest BCUT2D eigenvalue weighted by atomic mass is 9.85. The zero-order valence-corrected chi connectivity index (χ0v) is 10.9. The number of nitrogens with two attached hydrogens (primary N) is 1. The third kappa shape index (κ3) is 2.63. The van der Waals surface area contributed by atoms with Crippen LogP contribution in [0.25, 0.3) is 0 Å². The minimum atomic E-state index is -0.768. The van der Waals surface area contributed by atoms with Crippen LogP contribution in [0, 0.1) is 5.92 Å². The first-order valence-electron chi connectivity index (χ1n) is 6.67. The Morgan fingerprint density at radius 2 is 2.24 bits per heavy atom. The van der Waals surface area contributed by atoms with Crippen molar-refractivity contribution in [1.82, 2.24) is 4.90 Å². The Morgan fingerprint density at radius 1 is 1.47 bits per heavy atom. The van der Waals surface area contributed by atoms with Crippen molar-refractivity contribution in [2.75, 3.05) is 20.3 Å². The third-order valence-corrected chi connectivity index (χ3v) is 4.25. The predicted molar refractivity (Wildman–Crippen MR) is 66.5 cm³/mol. The largest absolute Gasteiger partial charge is 0.379 e. The van der Waals surface area contributed by atoms with Crippen molar-refractivity contribution >= 4 is 5.91 Å². The minimum absolute atomic E-state index is 0.0640. The monoisotopic (exact) mass is 240 g/mol. The second kappa shape index (κ2) is 4.94. The molecule has 2 rings (SSSR count). The maximum atomic E-state index is 12.4. The summed E-state index contributed by atoms with van der Waals surface area (Å²) < 4.78 is 5.27. The Bertz CT molecular complexity index is 287. The van der Waals surface area contributed by atoms with Gasteiger partial charge in [-0.3, -0.25) is 4.79 Å². The molecule has 3 unspecified atom stereocenters. The fraction of sp³-hybridized carbons (Fsp3) is 0.923. The Morgan fingerprint density at radius 3 is 2.82 bits per heavy atom. The van der Waals surface area contributed by atoms with E-state index in [1.165, 1.54) is 12.8 Å². The number of hydrogen-bond donors (Lipinski definition) is 1. The molecule has 0 aromatic carbocycles. The van der Waals surface area contributed by atoms with E-state index in [1.54, 1.807) is 0 Å².